The molecule has 0 saturated heterocycles. The second-order valence-electron chi connectivity index (χ2n) is 5.02. The van der Waals surface area contributed by atoms with E-state index < -0.39 is 0 Å². The Balaban J connectivity index is 2.30. The van der Waals surface area contributed by atoms with Crippen LogP contribution in [0.1, 0.15) is 46.0 Å². The Kier molecular flexibility index (Phi) is 1.79. The van der Waals surface area contributed by atoms with Gasteiger partial charge in [0, 0.05) is 3.92 Å². The van der Waals surface area contributed by atoms with Gasteiger partial charge in [0.15, 0.2) is 0 Å². The molecule has 0 spiro atoms. The summed E-state index contributed by atoms with van der Waals surface area (Å²) >= 11 is 2.70. The predicted molar refractivity (Wildman–Crippen MR) is 57.1 cm³/mol. The minimum Gasteiger partial charge on any atom is -0.0814 e. The van der Waals surface area contributed by atoms with Crippen LogP contribution in [0.5, 0.6) is 0 Å². The number of hydrogen-bond donors (Lipinski definition) is 0. The monoisotopic (exact) mass is 264 g/mol. The highest BCUT2D eigenvalue weighted by molar-refractivity contribution is 14.1. The van der Waals surface area contributed by atoms with E-state index in [1.807, 2.05) is 0 Å². The van der Waals surface area contributed by atoms with Crippen LogP contribution in [0.25, 0.3) is 0 Å². The molecule has 1 heteroatoms. The number of alkyl halides is 1. The maximum absolute atomic E-state index is 2.70. The lowest BCUT2D eigenvalue weighted by atomic mass is 9.71. The Morgan fingerprint density at radius 2 is 1.45 bits per heavy atom. The topological polar surface area (TPSA) is 0 Å². The van der Waals surface area contributed by atoms with Crippen molar-refractivity contribution in [2.75, 3.05) is 0 Å². The first-order valence-electron chi connectivity index (χ1n) is 4.71. The predicted octanol–water partition coefficient (Wildman–Crippen LogP) is 3.78. The molecule has 0 amide bonds. The van der Waals surface area contributed by atoms with Gasteiger partial charge in [0.1, 0.15) is 0 Å². The molecule has 1 unspecified atom stereocenters. The lowest BCUT2D eigenvalue weighted by Gasteiger charge is -2.41. The van der Waals surface area contributed by atoms with Crippen molar-refractivity contribution in [2.24, 2.45) is 10.8 Å². The molecule has 2 rings (SSSR count). The van der Waals surface area contributed by atoms with E-state index in [9.17, 15) is 0 Å². The Morgan fingerprint density at radius 1 is 1.00 bits per heavy atom. The molecule has 3 atom stereocenters. The van der Waals surface area contributed by atoms with Crippen LogP contribution in [0.3, 0.4) is 0 Å². The molecular weight excluding hydrogens is 247 g/mol. The normalized spacial score (nSPS) is 56.5. The van der Waals surface area contributed by atoms with E-state index in [1.54, 1.807) is 0 Å². The van der Waals surface area contributed by atoms with Crippen molar-refractivity contribution < 1.29 is 0 Å². The second-order valence-corrected chi connectivity index (χ2v) is 6.27. The van der Waals surface area contributed by atoms with Gasteiger partial charge in [-0.25, -0.2) is 0 Å². The van der Waals surface area contributed by atoms with Gasteiger partial charge in [0.05, 0.1) is 0 Å². The first kappa shape index (κ1) is 8.33. The van der Waals surface area contributed by atoms with Crippen LogP contribution >= 0.6 is 22.6 Å². The zero-order chi connectivity index (χ0) is 8.11. The maximum atomic E-state index is 2.70. The molecule has 2 bridgehead atoms. The van der Waals surface area contributed by atoms with Gasteiger partial charge in [0.2, 0.25) is 0 Å². The van der Waals surface area contributed by atoms with Crippen LogP contribution < -0.4 is 0 Å². The molecule has 0 aromatic rings. The molecule has 2 fully saturated rings. The minimum absolute atomic E-state index is 0.702. The van der Waals surface area contributed by atoms with Crippen molar-refractivity contribution in [1.82, 2.24) is 0 Å². The van der Waals surface area contributed by atoms with Crippen molar-refractivity contribution in [2.45, 2.75) is 49.9 Å². The molecule has 0 heterocycles. The van der Waals surface area contributed by atoms with Gasteiger partial charge in [-0.2, -0.15) is 0 Å². The minimum atomic E-state index is 0.702. The zero-order valence-electron chi connectivity index (χ0n) is 7.49. The molecule has 2 aliphatic carbocycles. The van der Waals surface area contributed by atoms with Crippen molar-refractivity contribution in [3.05, 3.63) is 0 Å². The summed E-state index contributed by atoms with van der Waals surface area (Å²) in [6, 6.07) is 0. The highest BCUT2D eigenvalue weighted by Gasteiger charge is 2.52. The van der Waals surface area contributed by atoms with Crippen LogP contribution in [-0.4, -0.2) is 3.92 Å². The molecule has 64 valence electrons. The highest BCUT2D eigenvalue weighted by Crippen LogP contribution is 2.61. The summed E-state index contributed by atoms with van der Waals surface area (Å²) in [6.07, 6.45) is 7.41. The number of rotatable bonds is 0. The molecular formula is C10H17I. The Labute approximate surface area is 83.3 Å². The van der Waals surface area contributed by atoms with Crippen LogP contribution in [0, 0.1) is 10.8 Å². The fourth-order valence-corrected chi connectivity index (χ4v) is 4.31. The van der Waals surface area contributed by atoms with Gasteiger partial charge in [-0.1, -0.05) is 42.9 Å². The van der Waals surface area contributed by atoms with Gasteiger partial charge < -0.3 is 0 Å². The number of hydrogen-bond acceptors (Lipinski definition) is 0. The quantitative estimate of drug-likeness (QED) is 0.461. The summed E-state index contributed by atoms with van der Waals surface area (Å²) < 4.78 is 0.946. The molecule has 11 heavy (non-hydrogen) atoms. The summed E-state index contributed by atoms with van der Waals surface area (Å²) in [5.74, 6) is 0. The third-order valence-electron chi connectivity index (χ3n) is 3.99. The fourth-order valence-electron chi connectivity index (χ4n) is 3.07. The van der Waals surface area contributed by atoms with E-state index in [-0.39, 0.29) is 0 Å². The van der Waals surface area contributed by atoms with Gasteiger partial charge in [-0.3, -0.25) is 0 Å². The van der Waals surface area contributed by atoms with E-state index in [2.05, 4.69) is 36.4 Å². The van der Waals surface area contributed by atoms with Gasteiger partial charge in [-0.15, -0.1) is 0 Å². The van der Waals surface area contributed by atoms with E-state index >= 15 is 0 Å². The summed E-state index contributed by atoms with van der Waals surface area (Å²) in [4.78, 5) is 0. The molecule has 2 aliphatic rings. The zero-order valence-corrected chi connectivity index (χ0v) is 9.65. The summed E-state index contributed by atoms with van der Waals surface area (Å²) in [6.45, 7) is 4.99. The number of halogens is 1. The SMILES string of the molecule is C[C@]12CCC[C@](C)(CC1)C2I. The van der Waals surface area contributed by atoms with E-state index in [1.165, 1.54) is 32.1 Å². The molecule has 0 aromatic heterocycles. The van der Waals surface area contributed by atoms with Crippen molar-refractivity contribution in [1.29, 1.82) is 0 Å². The largest absolute Gasteiger partial charge is 0.0814 e. The van der Waals surface area contributed by atoms with Crippen LogP contribution in [0.2, 0.25) is 0 Å². The van der Waals surface area contributed by atoms with Crippen LogP contribution in [0.15, 0.2) is 0 Å². The first-order valence-corrected chi connectivity index (χ1v) is 5.96. The Bertz CT molecular complexity index is 160. The lowest BCUT2D eigenvalue weighted by Crippen LogP contribution is -2.36. The van der Waals surface area contributed by atoms with E-state index in [0.717, 1.165) is 3.92 Å². The van der Waals surface area contributed by atoms with Crippen molar-refractivity contribution in [3.8, 4) is 0 Å². The van der Waals surface area contributed by atoms with Crippen LogP contribution in [-0.2, 0) is 0 Å². The Hall–Kier alpha value is 0.730. The number of fused-ring (bicyclic) bond motifs is 2. The third-order valence-corrected chi connectivity index (χ3v) is 6.99. The third kappa shape index (κ3) is 1.06. The van der Waals surface area contributed by atoms with Crippen molar-refractivity contribution >= 4 is 22.6 Å². The van der Waals surface area contributed by atoms with Crippen molar-refractivity contribution in [3.63, 3.8) is 0 Å². The van der Waals surface area contributed by atoms with Crippen LogP contribution in [0.4, 0.5) is 0 Å². The Morgan fingerprint density at radius 3 is 1.82 bits per heavy atom. The van der Waals surface area contributed by atoms with E-state index in [4.69, 9.17) is 0 Å². The molecule has 0 nitrogen and oxygen atoms in total. The average Bonchev–Trinajstić information content (AvgIpc) is 2.17. The molecule has 0 radical (unpaired) electrons. The summed E-state index contributed by atoms with van der Waals surface area (Å²) in [5, 5.41) is 0. The average molecular weight is 264 g/mol. The smallest absolute Gasteiger partial charge is 0.0217 e. The fraction of sp³-hybridized carbons (Fsp3) is 1.00. The second kappa shape index (κ2) is 2.36. The standard InChI is InChI=1S/C10H17I/c1-9-4-3-5-10(2,7-6-9)8(9)11/h8H,3-7H2,1-2H3/t8?,9-,10+. The van der Waals surface area contributed by atoms with Gasteiger partial charge >= 0.3 is 0 Å². The lowest BCUT2D eigenvalue weighted by molar-refractivity contribution is 0.195. The summed E-state index contributed by atoms with van der Waals surface area (Å²) in [5.41, 5.74) is 1.40. The van der Waals surface area contributed by atoms with Gasteiger partial charge in [0.25, 0.3) is 0 Å². The molecule has 2 saturated carbocycles. The molecule has 0 aliphatic heterocycles. The molecule has 0 aromatic carbocycles. The molecule has 0 N–H and O–H groups in total. The van der Waals surface area contributed by atoms with E-state index in [0.29, 0.717) is 10.8 Å². The summed E-state index contributed by atoms with van der Waals surface area (Å²) in [7, 11) is 0. The maximum Gasteiger partial charge on any atom is 0.0217 e. The highest BCUT2D eigenvalue weighted by atomic mass is 127. The first-order chi connectivity index (χ1) is 5.07. The van der Waals surface area contributed by atoms with Gasteiger partial charge in [-0.05, 0) is 36.5 Å².